The molecule has 0 aliphatic carbocycles. The highest BCUT2D eigenvalue weighted by Crippen LogP contribution is 2.11. The molecular weight excluding hydrogens is 456 g/mol. The van der Waals surface area contributed by atoms with Crippen LogP contribution in [0.5, 0.6) is 0 Å². The van der Waals surface area contributed by atoms with E-state index in [-0.39, 0.29) is 17.0 Å². The Labute approximate surface area is 200 Å². The number of hydrogen-bond acceptors (Lipinski definition) is 5. The Hall–Kier alpha value is -3.18. The van der Waals surface area contributed by atoms with Gasteiger partial charge in [-0.2, -0.15) is 5.26 Å². The van der Waals surface area contributed by atoms with Crippen LogP contribution in [0.15, 0.2) is 59.4 Å². The summed E-state index contributed by atoms with van der Waals surface area (Å²) in [7, 11) is 0. The van der Waals surface area contributed by atoms with Crippen molar-refractivity contribution >= 4 is 40.5 Å². The number of aromatic nitrogens is 1. The molecular formula is C25H23ClN4O2S. The molecule has 1 fully saturated rings. The van der Waals surface area contributed by atoms with E-state index in [1.807, 2.05) is 30.3 Å². The molecule has 0 N–H and O–H groups in total. The Morgan fingerprint density at radius 1 is 1.09 bits per heavy atom. The number of nitrogens with zero attached hydrogens (tertiary/aromatic N) is 4. The van der Waals surface area contributed by atoms with Crippen molar-refractivity contribution in [3.63, 3.8) is 0 Å². The maximum atomic E-state index is 13.4. The van der Waals surface area contributed by atoms with Gasteiger partial charge in [-0.25, -0.2) is 0 Å². The molecule has 2 heterocycles. The summed E-state index contributed by atoms with van der Waals surface area (Å²) in [6.45, 7) is 5.68. The SMILES string of the molecule is CCN1CCN(C(=O)/C(C#N)=c2\s/c(=C\c3ccc(Cl)cc3)c(=O)n2-c2ccccc2)CC1. The van der Waals surface area contributed by atoms with E-state index >= 15 is 0 Å². The van der Waals surface area contributed by atoms with Crippen LogP contribution in [0, 0.1) is 11.3 Å². The van der Waals surface area contributed by atoms with Crippen molar-refractivity contribution in [2.45, 2.75) is 6.92 Å². The molecule has 1 aromatic heterocycles. The van der Waals surface area contributed by atoms with Crippen molar-refractivity contribution in [3.05, 3.63) is 84.7 Å². The van der Waals surface area contributed by atoms with Crippen molar-refractivity contribution in [3.8, 4) is 11.8 Å². The first-order valence-electron chi connectivity index (χ1n) is 10.7. The summed E-state index contributed by atoms with van der Waals surface area (Å²) in [6.07, 6.45) is 1.76. The van der Waals surface area contributed by atoms with Crippen molar-refractivity contribution < 1.29 is 4.79 Å². The van der Waals surface area contributed by atoms with E-state index in [0.717, 1.165) is 36.5 Å². The van der Waals surface area contributed by atoms with Gasteiger partial charge < -0.3 is 9.80 Å². The van der Waals surface area contributed by atoms with Crippen LogP contribution in [0.3, 0.4) is 0 Å². The minimum atomic E-state index is -0.336. The van der Waals surface area contributed by atoms with E-state index in [0.29, 0.717) is 33.0 Å². The molecule has 0 bridgehead atoms. The van der Waals surface area contributed by atoms with Crippen LogP contribution in [0.4, 0.5) is 0 Å². The minimum absolute atomic E-state index is 0.0124. The largest absolute Gasteiger partial charge is 0.335 e. The minimum Gasteiger partial charge on any atom is -0.335 e. The number of benzene rings is 2. The summed E-state index contributed by atoms with van der Waals surface area (Å²) >= 11 is 7.14. The summed E-state index contributed by atoms with van der Waals surface area (Å²) in [6, 6.07) is 18.3. The molecule has 0 saturated carbocycles. The molecule has 1 saturated heterocycles. The predicted molar refractivity (Wildman–Crippen MR) is 132 cm³/mol. The summed E-state index contributed by atoms with van der Waals surface area (Å²) in [5.41, 5.74) is 1.14. The molecule has 3 aromatic rings. The van der Waals surface area contributed by atoms with E-state index in [1.54, 1.807) is 35.2 Å². The second-order valence-electron chi connectivity index (χ2n) is 7.66. The third-order valence-electron chi connectivity index (χ3n) is 5.65. The van der Waals surface area contributed by atoms with Gasteiger partial charge in [0.2, 0.25) is 0 Å². The third kappa shape index (κ3) is 4.93. The Bertz CT molecular complexity index is 1360. The van der Waals surface area contributed by atoms with E-state index in [4.69, 9.17) is 11.6 Å². The Kier molecular flexibility index (Phi) is 7.09. The molecule has 0 radical (unpaired) electrons. The van der Waals surface area contributed by atoms with Crippen LogP contribution < -0.4 is 14.8 Å². The van der Waals surface area contributed by atoms with Gasteiger partial charge in [0.25, 0.3) is 11.5 Å². The van der Waals surface area contributed by atoms with Gasteiger partial charge in [0.1, 0.15) is 10.7 Å². The molecule has 1 aliphatic rings. The third-order valence-corrected chi connectivity index (χ3v) is 7.00. The first-order valence-corrected chi connectivity index (χ1v) is 11.9. The number of para-hydroxylation sites is 1. The Balaban J connectivity index is 1.89. The molecule has 0 spiro atoms. The summed E-state index contributed by atoms with van der Waals surface area (Å²) in [5.74, 6) is -0.336. The highest BCUT2D eigenvalue weighted by molar-refractivity contribution is 7.07. The fraction of sp³-hybridized carbons (Fsp3) is 0.240. The lowest BCUT2D eigenvalue weighted by Gasteiger charge is -2.33. The lowest BCUT2D eigenvalue weighted by molar-refractivity contribution is -0.126. The average Bonchev–Trinajstić information content (AvgIpc) is 3.16. The molecule has 0 atom stereocenters. The predicted octanol–water partition coefficient (Wildman–Crippen LogP) is 2.22. The lowest BCUT2D eigenvalue weighted by Crippen LogP contribution is -2.49. The number of piperazine rings is 1. The maximum Gasteiger partial charge on any atom is 0.273 e. The van der Waals surface area contributed by atoms with Crippen LogP contribution in [0.1, 0.15) is 12.5 Å². The number of carbonyl (C=O) groups excluding carboxylic acids is 1. The van der Waals surface area contributed by atoms with Crippen molar-refractivity contribution in [1.82, 2.24) is 14.4 Å². The summed E-state index contributed by atoms with van der Waals surface area (Å²) in [4.78, 5) is 30.7. The van der Waals surface area contributed by atoms with Crippen LogP contribution in [-0.4, -0.2) is 53.0 Å². The normalized spacial score (nSPS) is 15.9. The smallest absolute Gasteiger partial charge is 0.273 e. The molecule has 1 aliphatic heterocycles. The van der Waals surface area contributed by atoms with E-state index in [1.165, 1.54) is 4.57 Å². The van der Waals surface area contributed by atoms with Gasteiger partial charge in [-0.15, -0.1) is 11.3 Å². The van der Waals surface area contributed by atoms with E-state index in [2.05, 4.69) is 17.9 Å². The standard InChI is InChI=1S/C25H23ClN4O2S/c1-2-28-12-14-29(15-13-28)23(31)21(17-27)25-30(20-6-4-3-5-7-20)24(32)22(33-25)16-18-8-10-19(26)11-9-18/h3-11,16H,2,12-15H2,1H3/b22-16-,25-21-. The first-order chi connectivity index (χ1) is 16.0. The number of hydrogen-bond donors (Lipinski definition) is 0. The molecule has 168 valence electrons. The van der Waals surface area contributed by atoms with Crippen molar-refractivity contribution in [2.24, 2.45) is 0 Å². The number of likely N-dealkylation sites (N-methyl/N-ethyl adjacent to an activating group) is 1. The van der Waals surface area contributed by atoms with Gasteiger partial charge in [-0.3, -0.25) is 14.2 Å². The fourth-order valence-electron chi connectivity index (χ4n) is 3.78. The van der Waals surface area contributed by atoms with Gasteiger partial charge in [0.15, 0.2) is 5.57 Å². The zero-order valence-corrected chi connectivity index (χ0v) is 19.8. The van der Waals surface area contributed by atoms with E-state index in [9.17, 15) is 14.9 Å². The molecule has 33 heavy (non-hydrogen) atoms. The fourth-order valence-corrected chi connectivity index (χ4v) is 5.01. The first kappa shape index (κ1) is 23.0. The zero-order chi connectivity index (χ0) is 23.4. The monoisotopic (exact) mass is 478 g/mol. The van der Waals surface area contributed by atoms with Crippen LogP contribution >= 0.6 is 22.9 Å². The summed E-state index contributed by atoms with van der Waals surface area (Å²) in [5, 5.41) is 10.6. The second kappa shape index (κ2) is 10.2. The van der Waals surface area contributed by atoms with Crippen LogP contribution in [0.25, 0.3) is 17.3 Å². The van der Waals surface area contributed by atoms with Crippen molar-refractivity contribution in [1.29, 1.82) is 5.26 Å². The number of rotatable bonds is 4. The maximum absolute atomic E-state index is 13.4. The lowest BCUT2D eigenvalue weighted by atomic mass is 10.2. The van der Waals surface area contributed by atoms with Gasteiger partial charge in [0.05, 0.1) is 10.2 Å². The van der Waals surface area contributed by atoms with Gasteiger partial charge in [0, 0.05) is 31.2 Å². The average molecular weight is 479 g/mol. The number of carbonyl (C=O) groups is 1. The second-order valence-corrected chi connectivity index (χ2v) is 9.12. The molecule has 6 nitrogen and oxygen atoms in total. The number of halogens is 1. The van der Waals surface area contributed by atoms with E-state index < -0.39 is 0 Å². The molecule has 0 unspecified atom stereocenters. The molecule has 2 aromatic carbocycles. The van der Waals surface area contributed by atoms with Gasteiger partial charge >= 0.3 is 0 Å². The number of nitriles is 1. The highest BCUT2D eigenvalue weighted by atomic mass is 35.5. The summed E-state index contributed by atoms with van der Waals surface area (Å²) < 4.78 is 2.25. The zero-order valence-electron chi connectivity index (χ0n) is 18.2. The van der Waals surface area contributed by atoms with Crippen LogP contribution in [0.2, 0.25) is 5.02 Å². The molecule has 1 amide bonds. The van der Waals surface area contributed by atoms with Gasteiger partial charge in [-0.05, 0) is 42.4 Å². The highest BCUT2D eigenvalue weighted by Gasteiger charge is 2.25. The molecule has 4 rings (SSSR count). The van der Waals surface area contributed by atoms with Crippen molar-refractivity contribution in [2.75, 3.05) is 32.7 Å². The van der Waals surface area contributed by atoms with Crippen LogP contribution in [-0.2, 0) is 4.79 Å². The molecule has 8 heteroatoms. The van der Waals surface area contributed by atoms with Gasteiger partial charge in [-0.1, -0.05) is 48.9 Å². The quantitative estimate of drug-likeness (QED) is 0.576. The topological polar surface area (TPSA) is 69.3 Å². The number of amides is 1. The Morgan fingerprint density at radius 2 is 1.76 bits per heavy atom. The Morgan fingerprint density at radius 3 is 2.36 bits per heavy atom. The number of thiazole rings is 1.